The number of benzene rings is 1. The Kier molecular flexibility index (Phi) is 10.1. The third-order valence-electron chi connectivity index (χ3n) is 7.62. The fourth-order valence-electron chi connectivity index (χ4n) is 5.40. The highest BCUT2D eigenvalue weighted by atomic mass is 16.2. The second-order valence-corrected chi connectivity index (χ2v) is 10.6. The van der Waals surface area contributed by atoms with Crippen molar-refractivity contribution < 1.29 is 4.79 Å². The van der Waals surface area contributed by atoms with Crippen molar-refractivity contribution in [3.8, 4) is 0 Å². The Labute approximate surface area is 228 Å². The average Bonchev–Trinajstić information content (AvgIpc) is 3.52. The van der Waals surface area contributed by atoms with Crippen LogP contribution in [0.25, 0.3) is 0 Å². The molecule has 206 valence electrons. The third kappa shape index (κ3) is 7.32. The second-order valence-electron chi connectivity index (χ2n) is 10.6. The van der Waals surface area contributed by atoms with Gasteiger partial charge in [0.1, 0.15) is 11.6 Å². The summed E-state index contributed by atoms with van der Waals surface area (Å²) in [6, 6.07) is 6.28. The molecule has 38 heavy (non-hydrogen) atoms. The minimum atomic E-state index is 0.0185. The lowest BCUT2D eigenvalue weighted by Crippen LogP contribution is -2.34. The maximum Gasteiger partial charge on any atom is 0.254 e. The van der Waals surface area contributed by atoms with E-state index in [1.54, 1.807) is 12.4 Å². The van der Waals surface area contributed by atoms with Gasteiger partial charge in [0.2, 0.25) is 0 Å². The van der Waals surface area contributed by atoms with E-state index < -0.39 is 0 Å². The number of imidazole rings is 2. The van der Waals surface area contributed by atoms with Gasteiger partial charge < -0.3 is 18.9 Å². The molecule has 0 unspecified atom stereocenters. The van der Waals surface area contributed by atoms with Crippen LogP contribution in [0, 0.1) is 0 Å². The van der Waals surface area contributed by atoms with Crippen molar-refractivity contribution in [1.82, 2.24) is 33.8 Å². The second kappa shape index (κ2) is 13.7. The number of amides is 1. The van der Waals surface area contributed by atoms with E-state index in [9.17, 15) is 4.79 Å². The van der Waals surface area contributed by atoms with Crippen LogP contribution in [-0.2, 0) is 40.2 Å². The normalized spacial score (nSPS) is 13.7. The number of fused-ring (bicyclic) bond motifs is 1. The highest BCUT2D eigenvalue weighted by molar-refractivity contribution is 5.94. The molecule has 0 saturated heterocycles. The summed E-state index contributed by atoms with van der Waals surface area (Å²) >= 11 is 0. The van der Waals surface area contributed by atoms with Gasteiger partial charge in [-0.3, -0.25) is 9.69 Å². The minimum absolute atomic E-state index is 0.0185. The maximum atomic E-state index is 13.7. The first-order chi connectivity index (χ1) is 18.5. The molecule has 2 aromatic heterocycles. The molecule has 1 amide bonds. The van der Waals surface area contributed by atoms with Gasteiger partial charge in [-0.25, -0.2) is 9.97 Å². The number of carbonyl (C=O) groups is 1. The van der Waals surface area contributed by atoms with Crippen molar-refractivity contribution in [1.29, 1.82) is 0 Å². The number of aryl methyl sites for hydroxylation is 2. The summed E-state index contributed by atoms with van der Waals surface area (Å²) in [7, 11) is 3.92. The molecule has 0 spiro atoms. The zero-order chi connectivity index (χ0) is 26.9. The molecule has 8 heteroatoms. The zero-order valence-corrected chi connectivity index (χ0v) is 23.8. The molecule has 0 N–H and O–H groups in total. The van der Waals surface area contributed by atoms with Crippen molar-refractivity contribution in [2.45, 2.75) is 65.6 Å². The molecule has 4 rings (SSSR count). The fourth-order valence-corrected chi connectivity index (χ4v) is 5.40. The smallest absolute Gasteiger partial charge is 0.254 e. The van der Waals surface area contributed by atoms with Gasteiger partial charge in [-0.1, -0.05) is 19.9 Å². The van der Waals surface area contributed by atoms with E-state index in [4.69, 9.17) is 0 Å². The van der Waals surface area contributed by atoms with Gasteiger partial charge in [0.25, 0.3) is 5.91 Å². The predicted octanol–water partition coefficient (Wildman–Crippen LogP) is 4.26. The first kappa shape index (κ1) is 28.0. The van der Waals surface area contributed by atoms with E-state index in [1.165, 1.54) is 56.4 Å². The zero-order valence-electron chi connectivity index (χ0n) is 23.8. The Morgan fingerprint density at radius 2 is 1.55 bits per heavy atom. The van der Waals surface area contributed by atoms with Gasteiger partial charge in [0.05, 0.1) is 13.1 Å². The number of aromatic nitrogens is 4. The first-order valence-corrected chi connectivity index (χ1v) is 14.3. The fraction of sp³-hybridized carbons (Fsp3) is 0.567. The van der Waals surface area contributed by atoms with E-state index in [0.29, 0.717) is 13.1 Å². The molecule has 0 atom stereocenters. The molecule has 0 aliphatic carbocycles. The monoisotopic (exact) mass is 519 g/mol. The van der Waals surface area contributed by atoms with Crippen LogP contribution < -0.4 is 0 Å². The standard InChI is InChI=1S/C30H45N7O/c1-5-14-35(15-6-2)16-7-8-17-36-18-11-25-21-26(9-10-27(25)22-36)30(38)37(23-28-31-12-19-33(28)3)24-29-32-13-20-34(29)4/h9-10,12-13,19-21H,5-8,11,14-18,22-24H2,1-4H3. The third-order valence-corrected chi connectivity index (χ3v) is 7.62. The molecular formula is C30H45N7O. The van der Waals surface area contributed by atoms with Gasteiger partial charge in [-0.2, -0.15) is 0 Å². The molecule has 3 aromatic rings. The summed E-state index contributed by atoms with van der Waals surface area (Å²) in [5.41, 5.74) is 3.40. The largest absolute Gasteiger partial charge is 0.337 e. The lowest BCUT2D eigenvalue weighted by molar-refractivity contribution is 0.0718. The van der Waals surface area contributed by atoms with Crippen LogP contribution in [-0.4, -0.2) is 72.4 Å². The van der Waals surface area contributed by atoms with E-state index >= 15 is 0 Å². The average molecular weight is 520 g/mol. The number of carbonyl (C=O) groups excluding carboxylic acids is 1. The molecule has 0 fully saturated rings. The Balaban J connectivity index is 1.37. The molecule has 1 aliphatic rings. The van der Waals surface area contributed by atoms with Gasteiger partial charge in [0.15, 0.2) is 0 Å². The van der Waals surface area contributed by atoms with Crippen LogP contribution in [0.4, 0.5) is 0 Å². The molecular weight excluding hydrogens is 474 g/mol. The van der Waals surface area contributed by atoms with Crippen LogP contribution in [0.1, 0.15) is 72.7 Å². The topological polar surface area (TPSA) is 62.4 Å². The summed E-state index contributed by atoms with van der Waals surface area (Å²) in [6.45, 7) is 12.2. The molecule has 0 saturated carbocycles. The van der Waals surface area contributed by atoms with E-state index in [2.05, 4.69) is 45.7 Å². The lowest BCUT2D eigenvalue weighted by atomic mass is 9.96. The molecule has 1 aliphatic heterocycles. The lowest BCUT2D eigenvalue weighted by Gasteiger charge is -2.30. The number of nitrogens with zero attached hydrogens (tertiary/aromatic N) is 7. The SMILES string of the molecule is CCCN(CCC)CCCCN1CCc2cc(C(=O)N(Cc3nccn3C)Cc3nccn3C)ccc2C1. The van der Waals surface area contributed by atoms with Gasteiger partial charge in [-0.05, 0) is 81.5 Å². The molecule has 8 nitrogen and oxygen atoms in total. The summed E-state index contributed by atoms with van der Waals surface area (Å²) in [6.07, 6.45) is 13.3. The highest BCUT2D eigenvalue weighted by Gasteiger charge is 2.23. The number of hydrogen-bond donors (Lipinski definition) is 0. The van der Waals surface area contributed by atoms with Crippen molar-refractivity contribution in [2.75, 3.05) is 32.7 Å². The van der Waals surface area contributed by atoms with Crippen molar-refractivity contribution in [3.63, 3.8) is 0 Å². The Morgan fingerprint density at radius 3 is 2.13 bits per heavy atom. The summed E-state index contributed by atoms with van der Waals surface area (Å²) in [5.74, 6) is 1.73. The summed E-state index contributed by atoms with van der Waals surface area (Å²) in [5, 5.41) is 0. The van der Waals surface area contributed by atoms with Crippen molar-refractivity contribution in [2.24, 2.45) is 14.1 Å². The van der Waals surface area contributed by atoms with Crippen LogP contribution >= 0.6 is 0 Å². The first-order valence-electron chi connectivity index (χ1n) is 14.3. The van der Waals surface area contributed by atoms with Gasteiger partial charge in [0, 0.05) is 57.5 Å². The van der Waals surface area contributed by atoms with E-state index in [1.807, 2.05) is 46.6 Å². The predicted molar refractivity (Wildman–Crippen MR) is 152 cm³/mol. The van der Waals surface area contributed by atoms with Crippen LogP contribution in [0.5, 0.6) is 0 Å². The van der Waals surface area contributed by atoms with Gasteiger partial charge in [-0.15, -0.1) is 0 Å². The van der Waals surface area contributed by atoms with Crippen molar-refractivity contribution in [3.05, 3.63) is 71.3 Å². The van der Waals surface area contributed by atoms with Gasteiger partial charge >= 0.3 is 0 Å². The number of hydrogen-bond acceptors (Lipinski definition) is 5. The summed E-state index contributed by atoms with van der Waals surface area (Å²) in [4.78, 5) is 29.7. The molecule has 0 bridgehead atoms. The minimum Gasteiger partial charge on any atom is -0.337 e. The molecule has 3 heterocycles. The van der Waals surface area contributed by atoms with Crippen molar-refractivity contribution >= 4 is 5.91 Å². The Bertz CT molecular complexity index is 1120. The van der Waals surface area contributed by atoms with E-state index in [0.717, 1.165) is 43.3 Å². The highest BCUT2D eigenvalue weighted by Crippen LogP contribution is 2.22. The number of rotatable bonds is 14. The quantitative estimate of drug-likeness (QED) is 0.298. The maximum absolute atomic E-state index is 13.7. The van der Waals surface area contributed by atoms with Crippen LogP contribution in [0.2, 0.25) is 0 Å². The Hall–Kier alpha value is -2.97. The van der Waals surface area contributed by atoms with E-state index in [-0.39, 0.29) is 5.91 Å². The van der Waals surface area contributed by atoms with Crippen LogP contribution in [0.15, 0.2) is 43.0 Å². The Morgan fingerprint density at radius 1 is 0.895 bits per heavy atom. The molecule has 1 aromatic carbocycles. The van der Waals surface area contributed by atoms with Crippen LogP contribution in [0.3, 0.4) is 0 Å². The summed E-state index contributed by atoms with van der Waals surface area (Å²) < 4.78 is 3.93. The molecule has 0 radical (unpaired) electrons. The number of unbranched alkanes of at least 4 members (excludes halogenated alkanes) is 1.